The predicted octanol–water partition coefficient (Wildman–Crippen LogP) is 3.87. The van der Waals surface area contributed by atoms with Crippen molar-refractivity contribution in [1.82, 2.24) is 0 Å². The van der Waals surface area contributed by atoms with Gasteiger partial charge in [0.15, 0.2) is 6.10 Å². The Hall–Kier alpha value is -2.29. The molecule has 0 bridgehead atoms. The molecule has 0 aromatic heterocycles. The number of hydrogen-bond donors (Lipinski definition) is 0. The summed E-state index contributed by atoms with van der Waals surface area (Å²) in [5.74, 6) is 0.546. The third kappa shape index (κ3) is 1.97. The largest absolute Gasteiger partial charge is 0.514 e. The molecule has 3 nitrogen and oxygen atoms in total. The summed E-state index contributed by atoms with van der Waals surface area (Å²) in [4.78, 5) is 11.8. The summed E-state index contributed by atoms with van der Waals surface area (Å²) in [5.41, 5.74) is 3.99. The highest BCUT2D eigenvalue weighted by Crippen LogP contribution is 2.38. The normalized spacial score (nSPS) is 20.5. The van der Waals surface area contributed by atoms with Crippen LogP contribution in [0.5, 0.6) is 5.75 Å². The van der Waals surface area contributed by atoms with E-state index in [1.807, 2.05) is 50.3 Å². The number of benzene rings is 1. The smallest absolute Gasteiger partial charge is 0.421 e. The zero-order valence-corrected chi connectivity index (χ0v) is 10.8. The maximum atomic E-state index is 11.8. The first-order valence-corrected chi connectivity index (χ1v) is 6.20. The highest BCUT2D eigenvalue weighted by molar-refractivity contribution is 5.84. The van der Waals surface area contributed by atoms with Gasteiger partial charge in [-0.1, -0.05) is 42.0 Å². The maximum Gasteiger partial charge on any atom is 0.514 e. The summed E-state index contributed by atoms with van der Waals surface area (Å²) in [5, 5.41) is 0. The lowest BCUT2D eigenvalue weighted by molar-refractivity contribution is 0.0942. The molecule has 0 fully saturated rings. The Morgan fingerprint density at radius 1 is 1.21 bits per heavy atom. The van der Waals surface area contributed by atoms with Gasteiger partial charge in [-0.15, -0.1) is 0 Å². The van der Waals surface area contributed by atoms with E-state index >= 15 is 0 Å². The van der Waals surface area contributed by atoms with Crippen LogP contribution in [0.25, 0.3) is 5.57 Å². The van der Waals surface area contributed by atoms with E-state index in [9.17, 15) is 4.79 Å². The molecule has 3 heteroatoms. The summed E-state index contributed by atoms with van der Waals surface area (Å²) in [6.07, 6.45) is 4.88. The molecule has 1 heterocycles. The lowest BCUT2D eigenvalue weighted by atomic mass is 9.88. The fraction of sp³-hybridized carbons (Fsp3) is 0.188. The van der Waals surface area contributed by atoms with Crippen molar-refractivity contribution in [2.75, 3.05) is 0 Å². The van der Waals surface area contributed by atoms with E-state index in [4.69, 9.17) is 9.47 Å². The highest BCUT2D eigenvalue weighted by atomic mass is 16.7. The summed E-state index contributed by atoms with van der Waals surface area (Å²) in [7, 11) is 0. The molecule has 2 aliphatic rings. The molecule has 0 radical (unpaired) electrons. The summed E-state index contributed by atoms with van der Waals surface area (Å²) >= 11 is 0. The van der Waals surface area contributed by atoms with Crippen LogP contribution >= 0.6 is 0 Å². The molecular weight excluding hydrogens is 240 g/mol. The van der Waals surface area contributed by atoms with Gasteiger partial charge in [-0.3, -0.25) is 0 Å². The lowest BCUT2D eigenvalue weighted by Gasteiger charge is -2.22. The molecule has 19 heavy (non-hydrogen) atoms. The molecule has 1 aromatic rings. The summed E-state index contributed by atoms with van der Waals surface area (Å²) in [6, 6.07) is 7.49. The fourth-order valence-electron chi connectivity index (χ4n) is 2.39. The van der Waals surface area contributed by atoms with Crippen LogP contribution in [0.2, 0.25) is 0 Å². The number of carbonyl (C=O) groups is 1. The van der Waals surface area contributed by atoms with Crippen LogP contribution in [-0.4, -0.2) is 12.3 Å². The van der Waals surface area contributed by atoms with Crippen molar-refractivity contribution in [2.24, 2.45) is 0 Å². The first-order valence-electron chi connectivity index (χ1n) is 6.20. The van der Waals surface area contributed by atoms with Crippen molar-refractivity contribution in [3.05, 3.63) is 59.2 Å². The quantitative estimate of drug-likeness (QED) is 0.520. The van der Waals surface area contributed by atoms with Gasteiger partial charge in [0.2, 0.25) is 0 Å². The van der Waals surface area contributed by atoms with Crippen molar-refractivity contribution >= 4 is 11.7 Å². The van der Waals surface area contributed by atoms with Gasteiger partial charge in [-0.2, -0.15) is 0 Å². The van der Waals surface area contributed by atoms with Crippen LogP contribution in [0, 0.1) is 0 Å². The Kier molecular flexibility index (Phi) is 2.75. The molecule has 1 unspecified atom stereocenters. The second-order valence-electron chi connectivity index (χ2n) is 4.78. The molecule has 0 spiro atoms. The van der Waals surface area contributed by atoms with Crippen molar-refractivity contribution in [3.63, 3.8) is 0 Å². The molecule has 3 rings (SSSR count). The predicted molar refractivity (Wildman–Crippen MR) is 72.8 cm³/mol. The van der Waals surface area contributed by atoms with E-state index in [2.05, 4.69) is 0 Å². The minimum Gasteiger partial charge on any atom is -0.421 e. The average Bonchev–Trinajstić information content (AvgIpc) is 2.53. The van der Waals surface area contributed by atoms with E-state index in [0.717, 1.165) is 22.3 Å². The number of fused-ring (bicyclic) bond motifs is 3. The van der Waals surface area contributed by atoms with Gasteiger partial charge >= 0.3 is 6.16 Å². The van der Waals surface area contributed by atoms with Crippen molar-refractivity contribution in [1.29, 1.82) is 0 Å². The second-order valence-corrected chi connectivity index (χ2v) is 4.78. The molecule has 1 atom stereocenters. The standard InChI is InChI=1S/C16H14O3/c1-10(2)11-7-5-8-13-12-6-3-4-9-14(12)18-16(17)19-15(11)13/h3-9,15H,1-2H3. The zero-order chi connectivity index (χ0) is 13.4. The third-order valence-electron chi connectivity index (χ3n) is 3.30. The van der Waals surface area contributed by atoms with Gasteiger partial charge in [0.25, 0.3) is 0 Å². The third-order valence-corrected chi connectivity index (χ3v) is 3.30. The van der Waals surface area contributed by atoms with Gasteiger partial charge in [0, 0.05) is 11.1 Å². The number of para-hydroxylation sites is 1. The molecule has 1 aromatic carbocycles. The highest BCUT2D eigenvalue weighted by Gasteiger charge is 2.31. The van der Waals surface area contributed by atoms with E-state index in [-0.39, 0.29) is 6.10 Å². The number of hydrogen-bond acceptors (Lipinski definition) is 3. The summed E-state index contributed by atoms with van der Waals surface area (Å²) < 4.78 is 10.7. The van der Waals surface area contributed by atoms with Crippen LogP contribution in [0.3, 0.4) is 0 Å². The van der Waals surface area contributed by atoms with Crippen LogP contribution in [0.4, 0.5) is 4.79 Å². The maximum absolute atomic E-state index is 11.8. The van der Waals surface area contributed by atoms with E-state index < -0.39 is 6.16 Å². The first-order chi connectivity index (χ1) is 9.16. The lowest BCUT2D eigenvalue weighted by Crippen LogP contribution is -2.22. The van der Waals surface area contributed by atoms with Crippen molar-refractivity contribution in [2.45, 2.75) is 20.0 Å². The Labute approximate surface area is 111 Å². The Morgan fingerprint density at radius 2 is 2.00 bits per heavy atom. The van der Waals surface area contributed by atoms with Gasteiger partial charge in [0.1, 0.15) is 5.75 Å². The van der Waals surface area contributed by atoms with Crippen molar-refractivity contribution < 1.29 is 14.3 Å². The zero-order valence-electron chi connectivity index (χ0n) is 10.8. The first kappa shape index (κ1) is 11.8. The minimum atomic E-state index is -0.657. The van der Waals surface area contributed by atoms with Crippen LogP contribution in [0.15, 0.2) is 53.6 Å². The Morgan fingerprint density at radius 3 is 2.79 bits per heavy atom. The molecule has 1 aliphatic heterocycles. The number of allylic oxidation sites excluding steroid dienone is 3. The van der Waals surface area contributed by atoms with Crippen LogP contribution in [0.1, 0.15) is 19.4 Å². The number of rotatable bonds is 0. The van der Waals surface area contributed by atoms with Gasteiger partial charge in [0.05, 0.1) is 0 Å². The second kappa shape index (κ2) is 4.43. The molecule has 96 valence electrons. The summed E-state index contributed by atoms with van der Waals surface area (Å²) in [6.45, 7) is 4.02. The van der Waals surface area contributed by atoms with Crippen LogP contribution in [-0.2, 0) is 4.74 Å². The van der Waals surface area contributed by atoms with E-state index in [0.29, 0.717) is 5.75 Å². The topological polar surface area (TPSA) is 35.5 Å². The van der Waals surface area contributed by atoms with Gasteiger partial charge < -0.3 is 9.47 Å². The molecule has 0 N–H and O–H groups in total. The van der Waals surface area contributed by atoms with E-state index in [1.165, 1.54) is 0 Å². The number of ether oxygens (including phenoxy) is 2. The Bertz CT molecular complexity index is 631. The van der Waals surface area contributed by atoms with Gasteiger partial charge in [-0.25, -0.2) is 4.79 Å². The molecule has 0 saturated heterocycles. The molecule has 1 aliphatic carbocycles. The SMILES string of the molecule is CC(C)=C1C=CC=C2c3ccccc3OC(=O)OC21. The molecular formula is C16H14O3. The molecule has 0 saturated carbocycles. The van der Waals surface area contributed by atoms with Crippen LogP contribution < -0.4 is 4.74 Å². The van der Waals surface area contributed by atoms with Crippen molar-refractivity contribution in [3.8, 4) is 5.75 Å². The monoisotopic (exact) mass is 254 g/mol. The van der Waals surface area contributed by atoms with E-state index in [1.54, 1.807) is 6.07 Å². The Balaban J connectivity index is 2.20. The number of carbonyl (C=O) groups excluding carboxylic acids is 1. The average molecular weight is 254 g/mol. The van der Waals surface area contributed by atoms with Gasteiger partial charge in [-0.05, 0) is 25.5 Å². The molecule has 0 amide bonds. The fourth-order valence-corrected chi connectivity index (χ4v) is 2.39. The minimum absolute atomic E-state index is 0.383.